The van der Waals surface area contributed by atoms with Crippen LogP contribution < -0.4 is 4.74 Å². The first-order valence-electron chi connectivity index (χ1n) is 6.99. The van der Waals surface area contributed by atoms with Gasteiger partial charge in [0.2, 0.25) is 5.89 Å². The molecule has 1 heterocycles. The Morgan fingerprint density at radius 3 is 2.70 bits per heavy atom. The lowest BCUT2D eigenvalue weighted by atomic mass is 10.0. The molecule has 0 bridgehead atoms. The van der Waals surface area contributed by atoms with Crippen molar-refractivity contribution in [3.05, 3.63) is 58.0 Å². The Morgan fingerprint density at radius 2 is 1.87 bits per heavy atom. The molecule has 0 aliphatic heterocycles. The van der Waals surface area contributed by atoms with Gasteiger partial charge in [0, 0.05) is 22.0 Å². The molecule has 4 rings (SSSR count). The highest BCUT2D eigenvalue weighted by atomic mass is 79.9. The van der Waals surface area contributed by atoms with Crippen molar-refractivity contribution in [2.24, 2.45) is 0 Å². The van der Waals surface area contributed by atoms with Crippen LogP contribution >= 0.6 is 27.5 Å². The van der Waals surface area contributed by atoms with E-state index in [0.717, 1.165) is 32.1 Å². The molecule has 5 heteroatoms. The lowest BCUT2D eigenvalue weighted by molar-refractivity contribution is 0.415. The zero-order valence-electron chi connectivity index (χ0n) is 12.1. The number of ether oxygens (including phenoxy) is 1. The average molecular weight is 389 g/mol. The molecule has 0 radical (unpaired) electrons. The van der Waals surface area contributed by atoms with Crippen LogP contribution in [0.25, 0.3) is 33.3 Å². The molecule has 3 aromatic carbocycles. The Hall–Kier alpha value is -2.04. The first-order chi connectivity index (χ1) is 11.2. The van der Waals surface area contributed by atoms with Crippen molar-refractivity contribution in [2.45, 2.75) is 0 Å². The van der Waals surface area contributed by atoms with Crippen molar-refractivity contribution < 1.29 is 9.15 Å². The maximum Gasteiger partial charge on any atom is 0.228 e. The van der Waals surface area contributed by atoms with Gasteiger partial charge in [-0.1, -0.05) is 35.9 Å². The minimum absolute atomic E-state index is 0.557. The Labute approximate surface area is 146 Å². The summed E-state index contributed by atoms with van der Waals surface area (Å²) in [6.07, 6.45) is 0. The fourth-order valence-corrected chi connectivity index (χ4v) is 3.41. The van der Waals surface area contributed by atoms with Gasteiger partial charge in [0.25, 0.3) is 0 Å². The molecule has 0 N–H and O–H groups in total. The molecule has 4 aromatic rings. The first kappa shape index (κ1) is 14.5. The summed E-state index contributed by atoms with van der Waals surface area (Å²) in [5.41, 5.74) is 2.34. The molecule has 1 aromatic heterocycles. The van der Waals surface area contributed by atoms with Crippen LogP contribution in [0.4, 0.5) is 0 Å². The molecule has 0 saturated heterocycles. The monoisotopic (exact) mass is 387 g/mol. The number of aromatic nitrogens is 1. The minimum atomic E-state index is 0.557. The first-order valence-corrected chi connectivity index (χ1v) is 8.16. The summed E-state index contributed by atoms with van der Waals surface area (Å²) in [7, 11) is 1.63. The largest absolute Gasteiger partial charge is 0.497 e. The molecule has 0 aliphatic rings. The van der Waals surface area contributed by atoms with E-state index in [1.165, 1.54) is 0 Å². The maximum absolute atomic E-state index is 6.28. The summed E-state index contributed by atoms with van der Waals surface area (Å²) in [4.78, 5) is 4.61. The Bertz CT molecular complexity index is 1040. The van der Waals surface area contributed by atoms with Crippen molar-refractivity contribution in [1.29, 1.82) is 0 Å². The summed E-state index contributed by atoms with van der Waals surface area (Å²) in [5, 5.41) is 2.70. The van der Waals surface area contributed by atoms with Gasteiger partial charge in [-0.05, 0) is 39.5 Å². The van der Waals surface area contributed by atoms with E-state index in [4.69, 9.17) is 20.8 Å². The van der Waals surface area contributed by atoms with E-state index in [1.807, 2.05) is 48.5 Å². The van der Waals surface area contributed by atoms with E-state index in [1.54, 1.807) is 7.11 Å². The summed E-state index contributed by atoms with van der Waals surface area (Å²) in [5.74, 6) is 1.28. The van der Waals surface area contributed by atoms with E-state index >= 15 is 0 Å². The highest BCUT2D eigenvalue weighted by Crippen LogP contribution is 2.36. The Morgan fingerprint density at radius 1 is 1.09 bits per heavy atom. The van der Waals surface area contributed by atoms with Crippen molar-refractivity contribution in [3.8, 4) is 17.2 Å². The van der Waals surface area contributed by atoms with Crippen LogP contribution in [0.15, 0.2) is 57.4 Å². The molecule has 0 spiro atoms. The van der Waals surface area contributed by atoms with E-state index in [2.05, 4.69) is 20.9 Å². The highest BCUT2D eigenvalue weighted by molar-refractivity contribution is 9.10. The van der Waals surface area contributed by atoms with Crippen molar-refractivity contribution >= 4 is 49.4 Å². The third-order valence-electron chi connectivity index (χ3n) is 3.75. The quantitative estimate of drug-likeness (QED) is 0.418. The predicted octanol–water partition coefficient (Wildman–Crippen LogP) is 6.07. The molecule has 23 heavy (non-hydrogen) atoms. The number of halogens is 2. The average Bonchev–Trinajstić information content (AvgIpc) is 2.99. The summed E-state index contributed by atoms with van der Waals surface area (Å²) in [6.45, 7) is 0. The normalized spacial score (nSPS) is 11.3. The van der Waals surface area contributed by atoms with Gasteiger partial charge in [0.1, 0.15) is 11.3 Å². The fraction of sp³-hybridized carbons (Fsp3) is 0.0556. The molecule has 0 amide bonds. The Balaban J connectivity index is 2.00. The minimum Gasteiger partial charge on any atom is -0.497 e. The zero-order chi connectivity index (χ0) is 16.0. The van der Waals surface area contributed by atoms with Crippen LogP contribution in [0, 0.1) is 0 Å². The molecule has 0 aliphatic carbocycles. The van der Waals surface area contributed by atoms with Crippen LogP contribution in [0.3, 0.4) is 0 Å². The predicted molar refractivity (Wildman–Crippen MR) is 96.2 cm³/mol. The van der Waals surface area contributed by atoms with E-state index in [-0.39, 0.29) is 0 Å². The lowest BCUT2D eigenvalue weighted by Gasteiger charge is -2.04. The third-order valence-corrected chi connectivity index (χ3v) is 4.67. The van der Waals surface area contributed by atoms with Gasteiger partial charge < -0.3 is 9.15 Å². The smallest absolute Gasteiger partial charge is 0.228 e. The van der Waals surface area contributed by atoms with E-state index in [9.17, 15) is 0 Å². The van der Waals surface area contributed by atoms with Crippen LogP contribution in [0.1, 0.15) is 0 Å². The second-order valence-electron chi connectivity index (χ2n) is 5.12. The molecular formula is C18H11BrClNO2. The van der Waals surface area contributed by atoms with Gasteiger partial charge in [-0.3, -0.25) is 0 Å². The number of nitrogens with zero attached hydrogens (tertiary/aromatic N) is 1. The van der Waals surface area contributed by atoms with Crippen molar-refractivity contribution in [1.82, 2.24) is 4.98 Å². The topological polar surface area (TPSA) is 35.3 Å². The standard InChI is InChI=1S/C18H11BrClNO2/c1-22-10-8-14(19)17-16(9-10)21-18(23-17)13-6-2-5-12-11(13)4-3-7-15(12)20/h2-9H,1H3. The summed E-state index contributed by atoms with van der Waals surface area (Å²) >= 11 is 9.79. The third kappa shape index (κ3) is 2.38. The number of fused-ring (bicyclic) bond motifs is 2. The van der Waals surface area contributed by atoms with Crippen LogP contribution in [0.5, 0.6) is 5.75 Å². The Kier molecular flexibility index (Phi) is 3.51. The van der Waals surface area contributed by atoms with E-state index in [0.29, 0.717) is 16.5 Å². The van der Waals surface area contributed by atoms with Gasteiger partial charge in [0.15, 0.2) is 5.58 Å². The SMILES string of the molecule is COc1cc(Br)c2oc(-c3cccc4c(Cl)cccc34)nc2c1. The summed E-state index contributed by atoms with van der Waals surface area (Å²) < 4.78 is 12.1. The highest BCUT2D eigenvalue weighted by Gasteiger charge is 2.15. The second kappa shape index (κ2) is 5.55. The molecule has 0 saturated carbocycles. The zero-order valence-corrected chi connectivity index (χ0v) is 14.5. The van der Waals surface area contributed by atoms with Crippen LogP contribution in [0.2, 0.25) is 5.02 Å². The van der Waals surface area contributed by atoms with Gasteiger partial charge in [-0.2, -0.15) is 0 Å². The number of oxazole rings is 1. The second-order valence-corrected chi connectivity index (χ2v) is 6.38. The van der Waals surface area contributed by atoms with Gasteiger partial charge in [0.05, 0.1) is 11.6 Å². The number of methoxy groups -OCH3 is 1. The number of hydrogen-bond donors (Lipinski definition) is 0. The molecule has 0 fully saturated rings. The van der Waals surface area contributed by atoms with Crippen molar-refractivity contribution in [2.75, 3.05) is 7.11 Å². The number of benzene rings is 3. The van der Waals surface area contributed by atoms with Crippen molar-refractivity contribution in [3.63, 3.8) is 0 Å². The van der Waals surface area contributed by atoms with Gasteiger partial charge in [-0.15, -0.1) is 0 Å². The fourth-order valence-electron chi connectivity index (χ4n) is 2.66. The van der Waals surface area contributed by atoms with Gasteiger partial charge >= 0.3 is 0 Å². The lowest BCUT2D eigenvalue weighted by Crippen LogP contribution is -1.83. The summed E-state index contributed by atoms with van der Waals surface area (Å²) in [6, 6.07) is 15.5. The molecule has 0 atom stereocenters. The molecular weight excluding hydrogens is 378 g/mol. The molecule has 0 unspecified atom stereocenters. The van der Waals surface area contributed by atoms with Crippen LogP contribution in [-0.4, -0.2) is 12.1 Å². The van der Waals surface area contributed by atoms with Crippen LogP contribution in [-0.2, 0) is 0 Å². The number of hydrogen-bond acceptors (Lipinski definition) is 3. The van der Waals surface area contributed by atoms with E-state index < -0.39 is 0 Å². The molecule has 3 nitrogen and oxygen atoms in total. The molecule has 114 valence electrons. The maximum atomic E-state index is 6.28. The number of rotatable bonds is 2. The van der Waals surface area contributed by atoms with Gasteiger partial charge in [-0.25, -0.2) is 4.98 Å².